The lowest BCUT2D eigenvalue weighted by Gasteiger charge is -2.14. The van der Waals surface area contributed by atoms with Crippen LogP contribution in [0.1, 0.15) is 38.2 Å². The first-order valence-corrected chi connectivity index (χ1v) is 8.04. The predicted molar refractivity (Wildman–Crippen MR) is 93.6 cm³/mol. The summed E-state index contributed by atoms with van der Waals surface area (Å²) in [4.78, 5) is 4.21. The van der Waals surface area contributed by atoms with E-state index in [-0.39, 0.29) is 5.75 Å². The number of guanidine groups is 1. The molecule has 130 valence electrons. The summed E-state index contributed by atoms with van der Waals surface area (Å²) in [7, 11) is 4.78. The lowest BCUT2D eigenvalue weighted by atomic mass is 10.2. The van der Waals surface area contributed by atoms with E-state index in [1.54, 1.807) is 19.2 Å². The summed E-state index contributed by atoms with van der Waals surface area (Å²) >= 11 is 0. The zero-order chi connectivity index (χ0) is 17.1. The van der Waals surface area contributed by atoms with E-state index in [0.29, 0.717) is 18.0 Å². The van der Waals surface area contributed by atoms with E-state index in [9.17, 15) is 5.11 Å². The Morgan fingerprint density at radius 2 is 1.74 bits per heavy atom. The highest BCUT2D eigenvalue weighted by Crippen LogP contribution is 2.36. The van der Waals surface area contributed by atoms with E-state index >= 15 is 0 Å². The normalized spacial score (nSPS) is 11.2. The van der Waals surface area contributed by atoms with Gasteiger partial charge >= 0.3 is 0 Å². The molecule has 0 aliphatic heterocycles. The molecule has 1 aromatic carbocycles. The van der Waals surface area contributed by atoms with Crippen LogP contribution in [-0.2, 0) is 6.54 Å². The maximum atomic E-state index is 9.92. The van der Waals surface area contributed by atoms with Crippen LogP contribution in [0.2, 0.25) is 0 Å². The molecule has 0 aliphatic rings. The first kappa shape index (κ1) is 18.9. The molecule has 0 fully saturated rings. The molecule has 3 N–H and O–H groups in total. The highest BCUT2D eigenvalue weighted by Gasteiger charge is 2.11. The van der Waals surface area contributed by atoms with Gasteiger partial charge in [-0.05, 0) is 24.1 Å². The lowest BCUT2D eigenvalue weighted by Crippen LogP contribution is -2.37. The molecule has 0 radical (unpaired) electrons. The molecular weight excluding hydrogens is 294 g/mol. The number of hydrogen-bond donors (Lipinski definition) is 3. The van der Waals surface area contributed by atoms with Gasteiger partial charge in [0.2, 0.25) is 5.75 Å². The first-order valence-electron chi connectivity index (χ1n) is 8.04. The fraction of sp³-hybridized carbons (Fsp3) is 0.588. The average molecular weight is 323 g/mol. The van der Waals surface area contributed by atoms with Crippen LogP contribution in [0.25, 0.3) is 0 Å². The van der Waals surface area contributed by atoms with Crippen molar-refractivity contribution in [3.8, 4) is 17.2 Å². The third-order valence-corrected chi connectivity index (χ3v) is 3.55. The van der Waals surface area contributed by atoms with Gasteiger partial charge in [-0.25, -0.2) is 0 Å². The summed E-state index contributed by atoms with van der Waals surface area (Å²) in [5.41, 5.74) is 0.936. The maximum absolute atomic E-state index is 9.92. The van der Waals surface area contributed by atoms with E-state index in [4.69, 9.17) is 9.47 Å². The van der Waals surface area contributed by atoms with Gasteiger partial charge in [0.15, 0.2) is 17.5 Å². The first-order chi connectivity index (χ1) is 11.2. The molecule has 6 nitrogen and oxygen atoms in total. The molecule has 0 spiro atoms. The Morgan fingerprint density at radius 1 is 1.09 bits per heavy atom. The Kier molecular flexibility index (Phi) is 8.72. The SMILES string of the molecule is CCCCCCNC(=NC)NCc1cc(OC)c(O)c(OC)c1. The molecule has 0 saturated carbocycles. The molecule has 0 amide bonds. The van der Waals surface area contributed by atoms with Crippen molar-refractivity contribution in [3.05, 3.63) is 17.7 Å². The van der Waals surface area contributed by atoms with Crippen molar-refractivity contribution in [1.29, 1.82) is 0 Å². The second kappa shape index (κ2) is 10.6. The van der Waals surface area contributed by atoms with Crippen LogP contribution in [0.5, 0.6) is 17.2 Å². The van der Waals surface area contributed by atoms with Crippen molar-refractivity contribution in [3.63, 3.8) is 0 Å². The predicted octanol–water partition coefficient (Wildman–Crippen LogP) is 2.65. The number of nitrogens with one attached hydrogen (secondary N) is 2. The molecule has 0 bridgehead atoms. The van der Waals surface area contributed by atoms with Gasteiger partial charge in [-0.1, -0.05) is 26.2 Å². The Labute approximate surface area is 138 Å². The highest BCUT2D eigenvalue weighted by atomic mass is 16.5. The Hall–Kier alpha value is -2.11. The molecule has 1 aromatic rings. The molecule has 23 heavy (non-hydrogen) atoms. The van der Waals surface area contributed by atoms with Gasteiger partial charge in [-0.15, -0.1) is 0 Å². The van der Waals surface area contributed by atoms with Gasteiger partial charge in [0.1, 0.15) is 0 Å². The molecule has 0 heterocycles. The third kappa shape index (κ3) is 6.26. The molecule has 0 saturated heterocycles. The minimum absolute atomic E-state index is 0.0113. The van der Waals surface area contributed by atoms with Crippen molar-refractivity contribution in [2.45, 2.75) is 39.2 Å². The quantitative estimate of drug-likeness (QED) is 0.370. The van der Waals surface area contributed by atoms with Gasteiger partial charge in [-0.2, -0.15) is 0 Å². The van der Waals surface area contributed by atoms with Crippen molar-refractivity contribution in [2.75, 3.05) is 27.8 Å². The standard InChI is InChI=1S/C17H29N3O3/c1-5-6-7-8-9-19-17(18-2)20-12-13-10-14(22-3)16(21)15(11-13)23-4/h10-11,21H,5-9,12H2,1-4H3,(H2,18,19,20). The van der Waals surface area contributed by atoms with Crippen LogP contribution in [0.4, 0.5) is 0 Å². The number of rotatable bonds is 9. The largest absolute Gasteiger partial charge is 0.502 e. The monoisotopic (exact) mass is 323 g/mol. The Balaban J connectivity index is 2.55. The number of unbranched alkanes of at least 4 members (excludes halogenated alkanes) is 3. The summed E-state index contributed by atoms with van der Waals surface area (Å²) < 4.78 is 10.3. The van der Waals surface area contributed by atoms with Crippen LogP contribution in [-0.4, -0.2) is 38.9 Å². The van der Waals surface area contributed by atoms with Crippen LogP contribution in [0.15, 0.2) is 17.1 Å². The summed E-state index contributed by atoms with van der Waals surface area (Å²) in [6.07, 6.45) is 4.86. The second-order valence-corrected chi connectivity index (χ2v) is 5.26. The third-order valence-electron chi connectivity index (χ3n) is 3.55. The highest BCUT2D eigenvalue weighted by molar-refractivity contribution is 5.79. The molecule has 0 aromatic heterocycles. The van der Waals surface area contributed by atoms with Crippen LogP contribution < -0.4 is 20.1 Å². The van der Waals surface area contributed by atoms with Crippen LogP contribution in [0, 0.1) is 0 Å². The molecule has 0 atom stereocenters. The van der Waals surface area contributed by atoms with E-state index < -0.39 is 0 Å². The molecular formula is C17H29N3O3. The average Bonchev–Trinajstić information content (AvgIpc) is 2.58. The molecule has 6 heteroatoms. The van der Waals surface area contributed by atoms with Crippen molar-refractivity contribution < 1.29 is 14.6 Å². The van der Waals surface area contributed by atoms with Gasteiger partial charge in [-0.3, -0.25) is 4.99 Å². The fourth-order valence-electron chi connectivity index (χ4n) is 2.21. The minimum atomic E-state index is 0.0113. The summed E-state index contributed by atoms with van der Waals surface area (Å²) in [5.74, 6) is 1.55. The minimum Gasteiger partial charge on any atom is -0.502 e. The van der Waals surface area contributed by atoms with E-state index in [0.717, 1.165) is 24.5 Å². The van der Waals surface area contributed by atoms with Gasteiger partial charge in [0.05, 0.1) is 14.2 Å². The molecule has 0 unspecified atom stereocenters. The second-order valence-electron chi connectivity index (χ2n) is 5.26. The zero-order valence-corrected chi connectivity index (χ0v) is 14.6. The number of aromatic hydroxyl groups is 1. The number of phenols is 1. The number of ether oxygens (including phenoxy) is 2. The lowest BCUT2D eigenvalue weighted by molar-refractivity contribution is 0.339. The van der Waals surface area contributed by atoms with E-state index in [1.807, 2.05) is 0 Å². The van der Waals surface area contributed by atoms with E-state index in [2.05, 4.69) is 22.5 Å². The zero-order valence-electron chi connectivity index (χ0n) is 14.6. The molecule has 0 aliphatic carbocycles. The summed E-state index contributed by atoms with van der Waals surface area (Å²) in [5, 5.41) is 16.5. The van der Waals surface area contributed by atoms with Crippen molar-refractivity contribution in [1.82, 2.24) is 10.6 Å². The number of nitrogens with zero attached hydrogens (tertiary/aromatic N) is 1. The number of benzene rings is 1. The van der Waals surface area contributed by atoms with Crippen LogP contribution >= 0.6 is 0 Å². The topological polar surface area (TPSA) is 75.1 Å². The van der Waals surface area contributed by atoms with Gasteiger partial charge in [0, 0.05) is 20.1 Å². The number of hydrogen-bond acceptors (Lipinski definition) is 4. The Bertz CT molecular complexity index is 479. The number of methoxy groups -OCH3 is 2. The van der Waals surface area contributed by atoms with Crippen molar-refractivity contribution >= 4 is 5.96 Å². The number of phenolic OH excluding ortho intramolecular Hbond substituents is 1. The van der Waals surface area contributed by atoms with Crippen LogP contribution in [0.3, 0.4) is 0 Å². The van der Waals surface area contributed by atoms with Crippen molar-refractivity contribution in [2.24, 2.45) is 4.99 Å². The van der Waals surface area contributed by atoms with Gasteiger partial charge < -0.3 is 25.2 Å². The summed E-state index contributed by atoms with van der Waals surface area (Å²) in [6, 6.07) is 3.55. The summed E-state index contributed by atoms with van der Waals surface area (Å²) in [6.45, 7) is 3.66. The Morgan fingerprint density at radius 3 is 2.26 bits per heavy atom. The number of aliphatic imine (C=N–C) groups is 1. The van der Waals surface area contributed by atoms with E-state index in [1.165, 1.54) is 33.5 Å². The van der Waals surface area contributed by atoms with Gasteiger partial charge in [0.25, 0.3) is 0 Å². The molecule has 1 rings (SSSR count). The maximum Gasteiger partial charge on any atom is 0.200 e. The fourth-order valence-corrected chi connectivity index (χ4v) is 2.21. The smallest absolute Gasteiger partial charge is 0.200 e.